The van der Waals surface area contributed by atoms with E-state index in [0.717, 1.165) is 19.8 Å². The molecule has 0 saturated heterocycles. The van der Waals surface area contributed by atoms with Crippen molar-refractivity contribution in [1.82, 2.24) is 0 Å². The Kier molecular flexibility index (Phi) is 6.17. The van der Waals surface area contributed by atoms with Gasteiger partial charge < -0.3 is 35.0 Å². The number of benzene rings is 1. The van der Waals surface area contributed by atoms with Crippen molar-refractivity contribution in [1.29, 1.82) is 0 Å². The van der Waals surface area contributed by atoms with E-state index in [1.165, 1.54) is 0 Å². The number of aliphatic carboxylic acids is 1. The Bertz CT molecular complexity index is 642. The number of carboxylic acids is 1. The second-order valence-corrected chi connectivity index (χ2v) is 6.23. The zero-order valence-corrected chi connectivity index (χ0v) is 14.5. The molecule has 1 aliphatic rings. The van der Waals surface area contributed by atoms with Gasteiger partial charge in [-0.3, -0.25) is 0 Å². The van der Waals surface area contributed by atoms with Gasteiger partial charge in [0.25, 0.3) is 0 Å². The molecule has 0 aromatic heterocycles. The van der Waals surface area contributed by atoms with Gasteiger partial charge in [-0.15, -0.1) is 0 Å². The van der Waals surface area contributed by atoms with Crippen LogP contribution in [-0.2, 0) is 14.3 Å². The minimum absolute atomic E-state index is 0.114. The predicted octanol–water partition coefficient (Wildman–Crippen LogP) is -0.393. The van der Waals surface area contributed by atoms with E-state index in [-0.39, 0.29) is 6.42 Å². The molecule has 2 rings (SSSR count). The molecule has 5 N–H and O–H groups in total. The van der Waals surface area contributed by atoms with Crippen LogP contribution in [0.25, 0.3) is 6.08 Å². The number of hydrogen-bond acceptors (Lipinski definition) is 7. The number of ether oxygens (including phenoxy) is 2. The van der Waals surface area contributed by atoms with Crippen molar-refractivity contribution in [3.05, 3.63) is 42.0 Å². The molecule has 0 heterocycles. The van der Waals surface area contributed by atoms with E-state index in [0.29, 0.717) is 0 Å². The number of carboxylic acid groups (broad SMARTS) is 1. The van der Waals surface area contributed by atoms with Crippen LogP contribution in [0.5, 0.6) is 0 Å². The Balaban J connectivity index is 2.43. The first-order chi connectivity index (χ1) is 12.3. The Hall–Kier alpha value is -1.81. The molecule has 0 spiro atoms. The van der Waals surface area contributed by atoms with Crippen molar-refractivity contribution in [2.75, 3.05) is 14.2 Å². The van der Waals surface area contributed by atoms with Crippen molar-refractivity contribution in [2.45, 2.75) is 36.1 Å². The molecule has 1 aromatic carbocycles. The summed E-state index contributed by atoms with van der Waals surface area (Å²) in [6.45, 7) is 0. The Morgan fingerprint density at radius 1 is 1.12 bits per heavy atom. The van der Waals surface area contributed by atoms with Crippen LogP contribution in [0.1, 0.15) is 12.0 Å². The highest BCUT2D eigenvalue weighted by molar-refractivity contribution is 5.80. The van der Waals surface area contributed by atoms with Gasteiger partial charge in [0, 0.05) is 20.1 Å². The van der Waals surface area contributed by atoms with Crippen molar-refractivity contribution in [3.8, 4) is 0 Å². The average Bonchev–Trinajstić information content (AvgIpc) is 2.64. The van der Waals surface area contributed by atoms with E-state index in [2.05, 4.69) is 0 Å². The molecule has 5 atom stereocenters. The van der Waals surface area contributed by atoms with Gasteiger partial charge in [-0.05, 0) is 12.0 Å². The van der Waals surface area contributed by atoms with Gasteiger partial charge in [0.1, 0.15) is 12.2 Å². The summed E-state index contributed by atoms with van der Waals surface area (Å²) in [5.41, 5.74) is -1.97. The van der Waals surface area contributed by atoms with Crippen LogP contribution in [0.15, 0.2) is 36.4 Å². The second kappa shape index (κ2) is 7.83. The monoisotopic (exact) mass is 368 g/mol. The maximum atomic E-state index is 11.9. The molecule has 0 bridgehead atoms. The largest absolute Gasteiger partial charge is 0.479 e. The molecule has 1 aliphatic carbocycles. The van der Waals surface area contributed by atoms with Crippen LogP contribution < -0.4 is 0 Å². The third-order valence-electron chi connectivity index (χ3n) is 4.98. The van der Waals surface area contributed by atoms with Crippen molar-refractivity contribution in [3.63, 3.8) is 0 Å². The van der Waals surface area contributed by atoms with Gasteiger partial charge in [-0.2, -0.15) is 0 Å². The topological polar surface area (TPSA) is 137 Å². The zero-order chi connectivity index (χ0) is 19.5. The maximum Gasteiger partial charge on any atom is 0.342 e. The molecule has 1 fully saturated rings. The molecule has 26 heavy (non-hydrogen) atoms. The summed E-state index contributed by atoms with van der Waals surface area (Å²) in [4.78, 5) is 11.9. The number of hydrogen-bond donors (Lipinski definition) is 5. The molecule has 0 radical (unpaired) electrons. The quantitative estimate of drug-likeness (QED) is 0.428. The first-order valence-electron chi connectivity index (χ1n) is 8.08. The summed E-state index contributed by atoms with van der Waals surface area (Å²) in [7, 11) is 2.09. The minimum atomic E-state index is -2.81. The van der Waals surface area contributed by atoms with Gasteiger partial charge >= 0.3 is 5.97 Å². The number of allylic oxidation sites excluding steroid dienone is 1. The van der Waals surface area contributed by atoms with Gasteiger partial charge in [-0.25, -0.2) is 4.79 Å². The van der Waals surface area contributed by atoms with Gasteiger partial charge in [0.15, 0.2) is 0 Å². The van der Waals surface area contributed by atoms with E-state index < -0.39 is 41.6 Å². The smallest absolute Gasteiger partial charge is 0.342 e. The average molecular weight is 368 g/mol. The van der Waals surface area contributed by atoms with Crippen molar-refractivity contribution >= 4 is 12.0 Å². The Labute approximate surface area is 150 Å². The lowest BCUT2D eigenvalue weighted by atomic mass is 9.65. The normalized spacial score (nSPS) is 34.1. The maximum absolute atomic E-state index is 11.9. The summed E-state index contributed by atoms with van der Waals surface area (Å²) >= 11 is 0. The van der Waals surface area contributed by atoms with E-state index in [9.17, 15) is 30.3 Å². The molecule has 8 nitrogen and oxygen atoms in total. The fourth-order valence-electron chi connectivity index (χ4n) is 3.55. The van der Waals surface area contributed by atoms with Crippen LogP contribution in [0, 0.1) is 5.92 Å². The SMILES string of the molecule is COC1(OC)[C@@H](O)C(O)[C@H](O)C(CC=Cc2ccccc2)C1(O)C(=O)O. The number of carbonyl (C=O) groups is 1. The van der Waals surface area contributed by atoms with E-state index in [1.807, 2.05) is 30.3 Å². The van der Waals surface area contributed by atoms with Crippen LogP contribution in [0.4, 0.5) is 0 Å². The molecule has 8 heteroatoms. The van der Waals surface area contributed by atoms with Gasteiger partial charge in [0.2, 0.25) is 11.4 Å². The van der Waals surface area contributed by atoms with E-state index >= 15 is 0 Å². The van der Waals surface area contributed by atoms with Crippen molar-refractivity contribution < 1.29 is 39.8 Å². The molecule has 1 aromatic rings. The highest BCUT2D eigenvalue weighted by Gasteiger charge is 2.72. The summed E-state index contributed by atoms with van der Waals surface area (Å²) < 4.78 is 10.1. The number of aliphatic hydroxyl groups is 4. The third kappa shape index (κ3) is 3.05. The van der Waals surface area contributed by atoms with Crippen LogP contribution >= 0.6 is 0 Å². The minimum Gasteiger partial charge on any atom is -0.479 e. The first-order valence-corrected chi connectivity index (χ1v) is 8.08. The summed E-state index contributed by atoms with van der Waals surface area (Å²) in [5, 5.41) is 51.4. The lowest BCUT2D eigenvalue weighted by Crippen LogP contribution is -2.79. The van der Waals surface area contributed by atoms with E-state index in [1.54, 1.807) is 12.2 Å². The summed E-state index contributed by atoms with van der Waals surface area (Å²) in [6.07, 6.45) is -2.33. The lowest BCUT2D eigenvalue weighted by Gasteiger charge is -2.54. The fourth-order valence-corrected chi connectivity index (χ4v) is 3.55. The number of methoxy groups -OCH3 is 2. The predicted molar refractivity (Wildman–Crippen MR) is 90.9 cm³/mol. The third-order valence-corrected chi connectivity index (χ3v) is 4.98. The summed E-state index contributed by atoms with van der Waals surface area (Å²) in [5.74, 6) is -5.61. The number of aliphatic hydroxyl groups excluding tert-OH is 3. The highest BCUT2D eigenvalue weighted by atomic mass is 16.7. The fraction of sp³-hybridized carbons (Fsp3) is 0.500. The first kappa shape index (κ1) is 20.5. The molecule has 3 unspecified atom stereocenters. The standard InChI is InChI=1S/C18H24O8/c1-25-18(26-2)15(21)14(20)13(19)12(17(18,24)16(22)23)10-6-9-11-7-4-3-5-8-11/h3-9,12-15,19-21,24H,10H2,1-2H3,(H,22,23)/t12?,13-,14?,15+,17?/m1/s1. The highest BCUT2D eigenvalue weighted by Crippen LogP contribution is 2.46. The second-order valence-electron chi connectivity index (χ2n) is 6.23. The summed E-state index contributed by atoms with van der Waals surface area (Å²) in [6, 6.07) is 9.14. The molecule has 1 saturated carbocycles. The van der Waals surface area contributed by atoms with Crippen molar-refractivity contribution in [2.24, 2.45) is 5.92 Å². The van der Waals surface area contributed by atoms with Crippen LogP contribution in [0.2, 0.25) is 0 Å². The van der Waals surface area contributed by atoms with Gasteiger partial charge in [0.05, 0.1) is 6.10 Å². The molecular weight excluding hydrogens is 344 g/mol. The zero-order valence-electron chi connectivity index (χ0n) is 14.5. The lowest BCUT2D eigenvalue weighted by molar-refractivity contribution is -0.383. The molecule has 144 valence electrons. The van der Waals surface area contributed by atoms with E-state index in [4.69, 9.17) is 9.47 Å². The molecule has 0 amide bonds. The molecule has 0 aliphatic heterocycles. The van der Waals surface area contributed by atoms with Gasteiger partial charge in [-0.1, -0.05) is 42.5 Å². The Morgan fingerprint density at radius 3 is 2.19 bits per heavy atom. The Morgan fingerprint density at radius 2 is 1.69 bits per heavy atom. The molecular formula is C18H24O8. The van der Waals surface area contributed by atoms with Crippen LogP contribution in [-0.4, -0.2) is 75.4 Å². The van der Waals surface area contributed by atoms with Crippen LogP contribution in [0.3, 0.4) is 0 Å². The number of rotatable bonds is 6.